The Kier molecular flexibility index (Phi) is 36.6. The summed E-state index contributed by atoms with van der Waals surface area (Å²) in [6.07, 6.45) is 39.6. The minimum Gasteiger partial charge on any atom is -0.477 e. The molecular weight excluding hydrogens is 679 g/mol. The number of ether oxygens (including phenoxy) is 3. The van der Waals surface area contributed by atoms with E-state index in [-0.39, 0.29) is 36.2 Å². The van der Waals surface area contributed by atoms with Gasteiger partial charge >= 0.3 is 17.9 Å². The van der Waals surface area contributed by atoms with Gasteiger partial charge in [-0.1, -0.05) is 167 Å². The van der Waals surface area contributed by atoms with E-state index in [1.54, 1.807) is 0 Å². The summed E-state index contributed by atoms with van der Waals surface area (Å²) < 4.78 is 17.3. The molecule has 0 aliphatic rings. The molecule has 0 fully saturated rings. The molecule has 0 amide bonds. The van der Waals surface area contributed by atoms with Crippen molar-refractivity contribution in [1.29, 1.82) is 0 Å². The van der Waals surface area contributed by atoms with E-state index in [2.05, 4.69) is 26.0 Å². The number of carbonyl (C=O) groups excluding carboxylic acids is 2. The van der Waals surface area contributed by atoms with Crippen LogP contribution in [0.2, 0.25) is 0 Å². The van der Waals surface area contributed by atoms with E-state index in [0.717, 1.165) is 44.9 Å². The molecule has 8 heteroatoms. The van der Waals surface area contributed by atoms with E-state index in [9.17, 15) is 19.5 Å². The number of likely N-dealkylation sites (N-methyl/N-ethyl adjacent to an activating group) is 1. The Hall–Kier alpha value is -1.93. The van der Waals surface area contributed by atoms with Crippen molar-refractivity contribution in [2.24, 2.45) is 0 Å². The molecule has 1 N–H and O–H groups in total. The normalized spacial score (nSPS) is 13.0. The van der Waals surface area contributed by atoms with Crippen molar-refractivity contribution in [3.63, 3.8) is 0 Å². The highest BCUT2D eigenvalue weighted by atomic mass is 16.6. The minimum absolute atomic E-state index is 0.0496. The molecule has 8 nitrogen and oxygen atoms in total. The smallest absolute Gasteiger partial charge is 0.362 e. The predicted molar refractivity (Wildman–Crippen MR) is 225 cm³/mol. The van der Waals surface area contributed by atoms with Crippen LogP contribution in [-0.2, 0) is 28.6 Å². The maximum atomic E-state index is 12.7. The zero-order chi connectivity index (χ0) is 40.0. The first-order chi connectivity index (χ1) is 26.1. The fourth-order valence-electron chi connectivity index (χ4n) is 6.85. The summed E-state index contributed by atoms with van der Waals surface area (Å²) in [6.45, 7) is 4.73. The summed E-state index contributed by atoms with van der Waals surface area (Å²) in [5.41, 5.74) is 0. The number of rotatable bonds is 41. The number of hydrogen-bond acceptors (Lipinski definition) is 6. The number of allylic oxidation sites excluding steroid dienone is 2. The van der Waals surface area contributed by atoms with Crippen LogP contribution in [-0.4, -0.2) is 80.6 Å². The molecule has 2 atom stereocenters. The summed E-state index contributed by atoms with van der Waals surface area (Å²) in [4.78, 5) is 36.9. The minimum atomic E-state index is -0.873. The Morgan fingerprint density at radius 3 is 1.37 bits per heavy atom. The van der Waals surface area contributed by atoms with Crippen LogP contribution in [0.5, 0.6) is 0 Å². The van der Waals surface area contributed by atoms with E-state index in [1.165, 1.54) is 135 Å². The summed E-state index contributed by atoms with van der Waals surface area (Å²) in [5, 5.41) is 9.61. The molecule has 0 aromatic heterocycles. The van der Waals surface area contributed by atoms with Crippen molar-refractivity contribution in [3.05, 3.63) is 12.2 Å². The summed E-state index contributed by atoms with van der Waals surface area (Å²) in [6, 6.07) is -0.611. The van der Waals surface area contributed by atoms with Crippen LogP contribution in [0.3, 0.4) is 0 Å². The largest absolute Gasteiger partial charge is 0.477 e. The van der Waals surface area contributed by atoms with Crippen LogP contribution in [0, 0.1) is 0 Å². The van der Waals surface area contributed by atoms with Gasteiger partial charge in [0.1, 0.15) is 6.61 Å². The highest BCUT2D eigenvalue weighted by molar-refractivity contribution is 5.72. The van der Waals surface area contributed by atoms with Gasteiger partial charge in [0, 0.05) is 19.3 Å². The average molecular weight is 767 g/mol. The zero-order valence-corrected chi connectivity index (χ0v) is 36.2. The van der Waals surface area contributed by atoms with E-state index < -0.39 is 18.1 Å². The molecular formula is C46H88NO7+. The first-order valence-electron chi connectivity index (χ1n) is 22.7. The van der Waals surface area contributed by atoms with Crippen LogP contribution in [0.1, 0.15) is 213 Å². The average Bonchev–Trinajstić information content (AvgIpc) is 3.12. The van der Waals surface area contributed by atoms with Crippen LogP contribution in [0.25, 0.3) is 0 Å². The maximum Gasteiger partial charge on any atom is 0.362 e. The highest BCUT2D eigenvalue weighted by Crippen LogP contribution is 2.16. The number of unbranched alkanes of at least 4 members (excludes halogenated alkanes) is 25. The van der Waals surface area contributed by atoms with Crippen LogP contribution >= 0.6 is 0 Å². The van der Waals surface area contributed by atoms with Gasteiger partial charge in [0.05, 0.1) is 34.4 Å². The number of nitrogens with zero attached hydrogens (tertiary/aromatic N) is 1. The van der Waals surface area contributed by atoms with Gasteiger partial charge in [-0.3, -0.25) is 9.59 Å². The van der Waals surface area contributed by atoms with Gasteiger partial charge in [-0.25, -0.2) is 4.79 Å². The molecule has 0 saturated carbocycles. The first kappa shape index (κ1) is 52.1. The number of aliphatic carboxylic acids is 1. The van der Waals surface area contributed by atoms with E-state index in [4.69, 9.17) is 14.2 Å². The number of esters is 2. The lowest BCUT2D eigenvalue weighted by atomic mass is 10.0. The Morgan fingerprint density at radius 1 is 0.537 bits per heavy atom. The van der Waals surface area contributed by atoms with Crippen LogP contribution < -0.4 is 0 Å². The molecule has 0 radical (unpaired) electrons. The van der Waals surface area contributed by atoms with Gasteiger partial charge in [-0.05, 0) is 38.5 Å². The molecule has 318 valence electrons. The fourth-order valence-corrected chi connectivity index (χ4v) is 6.85. The second kappa shape index (κ2) is 38.0. The quantitative estimate of drug-likeness (QED) is 0.0286. The number of quaternary nitrogens is 1. The number of hydrogen-bond donors (Lipinski definition) is 1. The monoisotopic (exact) mass is 767 g/mol. The third-order valence-electron chi connectivity index (χ3n) is 10.4. The van der Waals surface area contributed by atoms with Crippen molar-refractivity contribution >= 4 is 17.9 Å². The standard InChI is InChI=1S/C46H87NO7/c1-6-8-10-12-14-16-18-20-21-22-23-24-25-27-29-31-33-35-37-45(49)54-42(40-52-39-38-43(46(50)51)47(3,4)5)41-53-44(48)36-34-32-30-28-26-19-17-15-13-11-9-7-2/h15,17,42-43H,6-14,16,18-41H2,1-5H3/p+1/b17-15+. The molecule has 0 aromatic rings. The summed E-state index contributed by atoms with van der Waals surface area (Å²) in [7, 11) is 5.53. The Bertz CT molecular complexity index is 900. The van der Waals surface area contributed by atoms with Crippen molar-refractivity contribution in [3.8, 4) is 0 Å². The Morgan fingerprint density at radius 2 is 0.926 bits per heavy atom. The van der Waals surface area contributed by atoms with Gasteiger partial charge in [-0.15, -0.1) is 0 Å². The van der Waals surface area contributed by atoms with Gasteiger partial charge in [0.2, 0.25) is 0 Å². The Labute approximate surface area is 333 Å². The molecule has 0 heterocycles. The van der Waals surface area contributed by atoms with E-state index in [1.807, 2.05) is 21.1 Å². The van der Waals surface area contributed by atoms with Gasteiger partial charge < -0.3 is 23.8 Å². The molecule has 0 bridgehead atoms. The number of carboxylic acids is 1. The SMILES string of the molecule is CCCCC/C=C/CCCCCCCC(=O)OCC(COCCC(C(=O)O)[N+](C)(C)C)OC(=O)CCCCCCCCCCCCCCCCCCCC. The van der Waals surface area contributed by atoms with Gasteiger partial charge in [0.15, 0.2) is 12.1 Å². The fraction of sp³-hybridized carbons (Fsp3) is 0.891. The van der Waals surface area contributed by atoms with Crippen LogP contribution in [0.15, 0.2) is 12.2 Å². The lowest BCUT2D eigenvalue weighted by Gasteiger charge is -2.31. The topological polar surface area (TPSA) is 99.1 Å². The molecule has 0 aliphatic heterocycles. The third kappa shape index (κ3) is 35.8. The molecule has 0 saturated heterocycles. The van der Waals surface area contributed by atoms with E-state index >= 15 is 0 Å². The predicted octanol–water partition coefficient (Wildman–Crippen LogP) is 12.3. The number of carbonyl (C=O) groups is 3. The molecule has 0 rings (SSSR count). The second-order valence-corrected chi connectivity index (χ2v) is 16.7. The molecule has 0 aliphatic carbocycles. The zero-order valence-electron chi connectivity index (χ0n) is 36.2. The maximum absolute atomic E-state index is 12.7. The lowest BCUT2D eigenvalue weighted by Crippen LogP contribution is -2.50. The summed E-state index contributed by atoms with van der Waals surface area (Å²) in [5.74, 6) is -1.46. The summed E-state index contributed by atoms with van der Waals surface area (Å²) >= 11 is 0. The van der Waals surface area contributed by atoms with E-state index in [0.29, 0.717) is 19.3 Å². The molecule has 0 spiro atoms. The first-order valence-corrected chi connectivity index (χ1v) is 22.7. The van der Waals surface area contributed by atoms with Crippen LogP contribution in [0.4, 0.5) is 0 Å². The highest BCUT2D eigenvalue weighted by Gasteiger charge is 2.31. The third-order valence-corrected chi connectivity index (χ3v) is 10.4. The van der Waals surface area contributed by atoms with Crippen molar-refractivity contribution in [2.45, 2.75) is 225 Å². The Balaban J connectivity index is 4.28. The molecule has 0 aromatic carbocycles. The lowest BCUT2D eigenvalue weighted by molar-refractivity contribution is -0.887. The molecule has 2 unspecified atom stereocenters. The van der Waals surface area contributed by atoms with Crippen molar-refractivity contribution in [1.82, 2.24) is 0 Å². The number of carboxylic acid groups (broad SMARTS) is 1. The van der Waals surface area contributed by atoms with Gasteiger partial charge in [0.25, 0.3) is 0 Å². The van der Waals surface area contributed by atoms with Crippen molar-refractivity contribution in [2.75, 3.05) is 41.0 Å². The van der Waals surface area contributed by atoms with Gasteiger partial charge in [-0.2, -0.15) is 0 Å². The second-order valence-electron chi connectivity index (χ2n) is 16.7. The molecule has 54 heavy (non-hydrogen) atoms. The van der Waals surface area contributed by atoms with Crippen molar-refractivity contribution < 1.29 is 38.2 Å².